The summed E-state index contributed by atoms with van der Waals surface area (Å²) in [5, 5.41) is 0. The van der Waals surface area contributed by atoms with Crippen molar-refractivity contribution in [1.29, 1.82) is 0 Å². The van der Waals surface area contributed by atoms with Gasteiger partial charge < -0.3 is 15.0 Å². The number of ether oxygens (including phenoxy) is 1. The van der Waals surface area contributed by atoms with Crippen molar-refractivity contribution in [3.05, 3.63) is 53.1 Å². The predicted molar refractivity (Wildman–Crippen MR) is 91.2 cm³/mol. The van der Waals surface area contributed by atoms with E-state index in [1.54, 1.807) is 4.90 Å². The number of nitrogens with zero attached hydrogens (tertiary/aromatic N) is 3. The second kappa shape index (κ2) is 7.05. The molecule has 0 bridgehead atoms. The fourth-order valence-electron chi connectivity index (χ4n) is 3.06. The fourth-order valence-corrected chi connectivity index (χ4v) is 3.06. The molecule has 3 rings (SSSR count). The zero-order chi connectivity index (χ0) is 17.1. The maximum atomic E-state index is 12.3. The average molecular weight is 328 g/mol. The van der Waals surface area contributed by atoms with E-state index in [-0.39, 0.29) is 12.7 Å². The Kier molecular flexibility index (Phi) is 4.85. The topological polar surface area (TPSA) is 73.4 Å². The molecule has 1 aromatic carbocycles. The van der Waals surface area contributed by atoms with Crippen molar-refractivity contribution >= 4 is 6.09 Å². The summed E-state index contributed by atoms with van der Waals surface area (Å²) in [4.78, 5) is 18.7. The first-order valence-electron chi connectivity index (χ1n) is 8.34. The molecule has 0 radical (unpaired) electrons. The second-order valence-corrected chi connectivity index (χ2v) is 6.33. The van der Waals surface area contributed by atoms with Gasteiger partial charge in [0.1, 0.15) is 12.4 Å². The summed E-state index contributed by atoms with van der Waals surface area (Å²) >= 11 is 0. The number of imidazole rings is 1. The molecule has 0 atom stereocenters. The zero-order valence-electron chi connectivity index (χ0n) is 14.2. The van der Waals surface area contributed by atoms with Crippen molar-refractivity contribution in [3.8, 4) is 0 Å². The third-order valence-corrected chi connectivity index (χ3v) is 4.31. The molecular weight excluding hydrogens is 304 g/mol. The molecule has 6 heteroatoms. The van der Waals surface area contributed by atoms with Crippen LogP contribution in [0.25, 0.3) is 0 Å². The van der Waals surface area contributed by atoms with Gasteiger partial charge in [0.05, 0.1) is 17.9 Å². The third kappa shape index (κ3) is 3.28. The Balaban J connectivity index is 1.67. The smallest absolute Gasteiger partial charge is 0.410 e. The number of carbonyl (C=O) groups excluding carboxylic acids is 1. The van der Waals surface area contributed by atoms with Crippen molar-refractivity contribution in [1.82, 2.24) is 14.5 Å². The lowest BCUT2D eigenvalue weighted by Crippen LogP contribution is -2.39. The van der Waals surface area contributed by atoms with Gasteiger partial charge in [0.2, 0.25) is 0 Å². The number of hydrogen-bond acceptors (Lipinski definition) is 4. The largest absolute Gasteiger partial charge is 0.445 e. The highest BCUT2D eigenvalue weighted by Crippen LogP contribution is 2.24. The van der Waals surface area contributed by atoms with Crippen LogP contribution in [0.1, 0.15) is 42.5 Å². The van der Waals surface area contributed by atoms with Crippen LogP contribution in [0.15, 0.2) is 30.3 Å². The molecule has 0 spiro atoms. The molecule has 1 aliphatic heterocycles. The van der Waals surface area contributed by atoms with E-state index in [4.69, 9.17) is 15.5 Å². The van der Waals surface area contributed by atoms with Crippen molar-refractivity contribution < 1.29 is 9.53 Å². The molecule has 128 valence electrons. The molecule has 2 heterocycles. The van der Waals surface area contributed by atoms with E-state index < -0.39 is 0 Å². The van der Waals surface area contributed by atoms with Crippen molar-refractivity contribution in [3.63, 3.8) is 0 Å². The van der Waals surface area contributed by atoms with Gasteiger partial charge in [-0.2, -0.15) is 0 Å². The Morgan fingerprint density at radius 1 is 1.29 bits per heavy atom. The molecular formula is C18H24N4O2. The van der Waals surface area contributed by atoms with E-state index >= 15 is 0 Å². The average Bonchev–Trinajstić information content (AvgIpc) is 2.98. The molecule has 6 nitrogen and oxygen atoms in total. The quantitative estimate of drug-likeness (QED) is 0.936. The highest BCUT2D eigenvalue weighted by molar-refractivity contribution is 5.67. The van der Waals surface area contributed by atoms with Crippen LogP contribution >= 0.6 is 0 Å². The molecule has 2 N–H and O–H groups in total. The second-order valence-electron chi connectivity index (χ2n) is 6.33. The van der Waals surface area contributed by atoms with Gasteiger partial charge in [-0.1, -0.05) is 44.2 Å². The van der Waals surface area contributed by atoms with E-state index in [2.05, 4.69) is 18.4 Å². The zero-order valence-corrected chi connectivity index (χ0v) is 14.2. The van der Waals surface area contributed by atoms with Gasteiger partial charge >= 0.3 is 6.09 Å². The van der Waals surface area contributed by atoms with Crippen LogP contribution in [0.4, 0.5) is 4.79 Å². The summed E-state index contributed by atoms with van der Waals surface area (Å²) in [7, 11) is 0. The van der Waals surface area contributed by atoms with Crippen LogP contribution in [0.2, 0.25) is 0 Å². The van der Waals surface area contributed by atoms with E-state index in [0.717, 1.165) is 22.8 Å². The molecule has 1 aromatic heterocycles. The Bertz CT molecular complexity index is 709. The number of benzene rings is 1. The maximum Gasteiger partial charge on any atom is 0.410 e. The summed E-state index contributed by atoms with van der Waals surface area (Å²) in [5.41, 5.74) is 9.00. The minimum atomic E-state index is -0.298. The summed E-state index contributed by atoms with van der Waals surface area (Å²) in [6.07, 6.45) is -0.298. The van der Waals surface area contributed by atoms with Gasteiger partial charge in [-0.25, -0.2) is 9.78 Å². The van der Waals surface area contributed by atoms with E-state index in [1.165, 1.54) is 0 Å². The van der Waals surface area contributed by atoms with Gasteiger partial charge in [0.15, 0.2) is 0 Å². The first-order valence-corrected chi connectivity index (χ1v) is 8.34. The van der Waals surface area contributed by atoms with Crippen molar-refractivity contribution in [2.75, 3.05) is 6.54 Å². The lowest BCUT2D eigenvalue weighted by Gasteiger charge is -2.27. The van der Waals surface area contributed by atoms with Crippen LogP contribution in [0.3, 0.4) is 0 Å². The molecule has 1 amide bonds. The molecule has 1 aliphatic rings. The predicted octanol–water partition coefficient (Wildman–Crippen LogP) is 2.62. The highest BCUT2D eigenvalue weighted by Gasteiger charge is 2.27. The number of amides is 1. The number of nitrogens with two attached hydrogens (primary N) is 1. The Labute approximate surface area is 142 Å². The summed E-state index contributed by atoms with van der Waals surface area (Å²) in [6, 6.07) is 9.69. The fraction of sp³-hybridized carbons (Fsp3) is 0.444. The number of carbonyl (C=O) groups is 1. The van der Waals surface area contributed by atoms with Crippen LogP contribution in [-0.2, 0) is 31.0 Å². The SMILES string of the molecule is CC(C)c1nc2n(c1CN)CCN(C(=O)OCc1ccccc1)C2. The first kappa shape index (κ1) is 16.5. The first-order chi connectivity index (χ1) is 11.6. The minimum Gasteiger partial charge on any atom is -0.445 e. The summed E-state index contributed by atoms with van der Waals surface area (Å²) in [5.74, 6) is 1.21. The van der Waals surface area contributed by atoms with Crippen LogP contribution in [0.5, 0.6) is 0 Å². The number of aromatic nitrogens is 2. The van der Waals surface area contributed by atoms with Gasteiger partial charge in [-0.3, -0.25) is 4.90 Å². The van der Waals surface area contributed by atoms with Gasteiger partial charge in [0, 0.05) is 19.6 Å². The van der Waals surface area contributed by atoms with Crippen LogP contribution < -0.4 is 5.73 Å². The van der Waals surface area contributed by atoms with E-state index in [1.807, 2.05) is 30.3 Å². The molecule has 0 fully saturated rings. The minimum absolute atomic E-state index is 0.288. The maximum absolute atomic E-state index is 12.3. The molecule has 2 aromatic rings. The number of rotatable bonds is 4. The monoisotopic (exact) mass is 328 g/mol. The molecule has 0 saturated carbocycles. The summed E-state index contributed by atoms with van der Waals surface area (Å²) < 4.78 is 7.57. The number of hydrogen-bond donors (Lipinski definition) is 1. The van der Waals surface area contributed by atoms with Crippen LogP contribution in [-0.4, -0.2) is 27.1 Å². The van der Waals surface area contributed by atoms with Crippen LogP contribution in [0, 0.1) is 0 Å². The standard InChI is InChI=1S/C18H24N4O2/c1-13(2)17-15(10-19)22-9-8-21(11-16(22)20-17)18(23)24-12-14-6-4-3-5-7-14/h3-7,13H,8-12,19H2,1-2H3. The van der Waals surface area contributed by atoms with E-state index in [9.17, 15) is 4.79 Å². The number of fused-ring (bicyclic) bond motifs is 1. The Morgan fingerprint density at radius 3 is 2.71 bits per heavy atom. The van der Waals surface area contributed by atoms with Gasteiger partial charge in [0.25, 0.3) is 0 Å². The molecule has 0 saturated heterocycles. The molecule has 0 unspecified atom stereocenters. The normalized spacial score (nSPS) is 13.9. The van der Waals surface area contributed by atoms with Crippen molar-refractivity contribution in [2.45, 2.75) is 46.0 Å². The van der Waals surface area contributed by atoms with Crippen molar-refractivity contribution in [2.24, 2.45) is 5.73 Å². The van der Waals surface area contributed by atoms with Gasteiger partial charge in [-0.05, 0) is 11.5 Å². The molecule has 24 heavy (non-hydrogen) atoms. The highest BCUT2D eigenvalue weighted by atomic mass is 16.6. The Morgan fingerprint density at radius 2 is 2.04 bits per heavy atom. The molecule has 0 aliphatic carbocycles. The Hall–Kier alpha value is -2.34. The lowest BCUT2D eigenvalue weighted by molar-refractivity contribution is 0.0859. The summed E-state index contributed by atoms with van der Waals surface area (Å²) in [6.45, 7) is 6.77. The third-order valence-electron chi connectivity index (χ3n) is 4.31. The van der Waals surface area contributed by atoms with Gasteiger partial charge in [-0.15, -0.1) is 0 Å². The lowest BCUT2D eigenvalue weighted by atomic mass is 10.1. The van der Waals surface area contributed by atoms with E-state index in [0.29, 0.717) is 32.1 Å².